The third kappa shape index (κ3) is 3.20. The van der Waals surface area contributed by atoms with Gasteiger partial charge in [0.25, 0.3) is 5.91 Å². The topological polar surface area (TPSA) is 108 Å². The van der Waals surface area contributed by atoms with Gasteiger partial charge in [0.2, 0.25) is 0 Å². The fourth-order valence-electron chi connectivity index (χ4n) is 3.03. The number of nitrogens with zero attached hydrogens (tertiary/aromatic N) is 4. The number of hydrogen-bond donors (Lipinski definition) is 3. The van der Waals surface area contributed by atoms with Gasteiger partial charge in [-0.2, -0.15) is 5.10 Å². The number of carbonyl (C=O) groups is 1. The van der Waals surface area contributed by atoms with E-state index in [0.29, 0.717) is 21.7 Å². The first-order valence-electron chi connectivity index (χ1n) is 8.96. The van der Waals surface area contributed by atoms with Crippen LogP contribution in [0.2, 0.25) is 0 Å². The second-order valence-electron chi connectivity index (χ2n) is 6.80. The number of H-pyrrole nitrogens is 1. The number of aromatic nitrogens is 5. The summed E-state index contributed by atoms with van der Waals surface area (Å²) >= 11 is 1.27. The Morgan fingerprint density at radius 1 is 1.21 bits per heavy atom. The van der Waals surface area contributed by atoms with Gasteiger partial charge in [-0.15, -0.1) is 0 Å². The summed E-state index contributed by atoms with van der Waals surface area (Å²) in [5.74, 6) is 0.964. The maximum atomic E-state index is 12.7. The van der Waals surface area contributed by atoms with Crippen molar-refractivity contribution in [3.05, 3.63) is 53.1 Å². The van der Waals surface area contributed by atoms with E-state index in [2.05, 4.69) is 35.8 Å². The van der Waals surface area contributed by atoms with Crippen LogP contribution in [-0.2, 0) is 0 Å². The van der Waals surface area contributed by atoms with Crippen molar-refractivity contribution in [2.75, 3.05) is 10.6 Å². The van der Waals surface area contributed by atoms with Gasteiger partial charge in [-0.1, -0.05) is 17.4 Å². The van der Waals surface area contributed by atoms with Crippen molar-refractivity contribution in [3.8, 4) is 0 Å². The van der Waals surface area contributed by atoms with Gasteiger partial charge in [0.05, 0.1) is 35.5 Å². The largest absolute Gasteiger partial charge is 0.320 e. The van der Waals surface area contributed by atoms with Crippen LogP contribution in [0.15, 0.2) is 36.9 Å². The number of carbonyl (C=O) groups excluding carboxylic acids is 1. The lowest BCUT2D eigenvalue weighted by atomic mass is 10.1. The molecule has 28 heavy (non-hydrogen) atoms. The van der Waals surface area contributed by atoms with E-state index in [0.717, 1.165) is 27.8 Å². The van der Waals surface area contributed by atoms with Crippen molar-refractivity contribution in [2.24, 2.45) is 0 Å². The van der Waals surface area contributed by atoms with Gasteiger partial charge in [-0.25, -0.2) is 9.97 Å². The Hall–Kier alpha value is -3.33. The van der Waals surface area contributed by atoms with Gasteiger partial charge >= 0.3 is 0 Å². The fourth-order valence-corrected chi connectivity index (χ4v) is 3.75. The van der Waals surface area contributed by atoms with Crippen molar-refractivity contribution >= 4 is 44.8 Å². The molecule has 0 unspecified atom stereocenters. The standard InChI is InChI=1S/C19H17N7OS/c1-10-2-5-13-12(6-22-26-13)17(10)25-18(27)15-8-21-19(28-15)24-16-9-20-7-14(23-16)11-3-4-11/h2,5-9,11H,3-4H2,1H3,(H,22,26)(H,25,27)(H,21,23,24). The number of thiazole rings is 1. The molecule has 140 valence electrons. The van der Waals surface area contributed by atoms with Crippen LogP contribution < -0.4 is 10.6 Å². The number of aromatic amines is 1. The number of benzene rings is 1. The molecule has 1 aromatic carbocycles. The van der Waals surface area contributed by atoms with Crippen LogP contribution in [0.5, 0.6) is 0 Å². The van der Waals surface area contributed by atoms with E-state index >= 15 is 0 Å². The highest BCUT2D eigenvalue weighted by Crippen LogP contribution is 2.39. The van der Waals surface area contributed by atoms with Crippen molar-refractivity contribution in [1.29, 1.82) is 0 Å². The van der Waals surface area contributed by atoms with Crippen LogP contribution in [0.3, 0.4) is 0 Å². The number of hydrogen-bond acceptors (Lipinski definition) is 7. The average Bonchev–Trinajstić information content (AvgIpc) is 3.26. The minimum absolute atomic E-state index is 0.208. The molecule has 3 N–H and O–H groups in total. The maximum Gasteiger partial charge on any atom is 0.267 e. The summed E-state index contributed by atoms with van der Waals surface area (Å²) in [6, 6.07) is 3.89. The zero-order valence-electron chi connectivity index (χ0n) is 15.1. The smallest absolute Gasteiger partial charge is 0.267 e. The molecule has 0 aliphatic heterocycles. The Balaban J connectivity index is 1.34. The zero-order valence-corrected chi connectivity index (χ0v) is 15.9. The highest BCUT2D eigenvalue weighted by Gasteiger charge is 2.25. The highest BCUT2D eigenvalue weighted by atomic mass is 32.1. The number of fused-ring (bicyclic) bond motifs is 1. The monoisotopic (exact) mass is 391 g/mol. The van der Waals surface area contributed by atoms with Crippen LogP contribution in [-0.4, -0.2) is 31.1 Å². The Bertz CT molecular complexity index is 1180. The summed E-state index contributed by atoms with van der Waals surface area (Å²) in [7, 11) is 0. The van der Waals surface area contributed by atoms with E-state index in [-0.39, 0.29) is 5.91 Å². The minimum atomic E-state index is -0.208. The normalized spacial score (nSPS) is 13.6. The first kappa shape index (κ1) is 16.8. The highest BCUT2D eigenvalue weighted by molar-refractivity contribution is 7.17. The quantitative estimate of drug-likeness (QED) is 0.475. The summed E-state index contributed by atoms with van der Waals surface area (Å²) in [4.78, 5) is 26.3. The number of anilines is 3. The molecule has 0 saturated heterocycles. The Morgan fingerprint density at radius 3 is 2.96 bits per heavy atom. The van der Waals surface area contributed by atoms with Crippen LogP contribution in [0, 0.1) is 6.92 Å². The number of nitrogens with one attached hydrogen (secondary N) is 3. The first-order chi connectivity index (χ1) is 13.7. The van der Waals surface area contributed by atoms with E-state index in [9.17, 15) is 4.79 Å². The van der Waals surface area contributed by atoms with E-state index in [4.69, 9.17) is 0 Å². The molecule has 5 rings (SSSR count). The molecule has 0 spiro atoms. The first-order valence-corrected chi connectivity index (χ1v) is 9.78. The molecule has 3 aromatic heterocycles. The molecule has 1 saturated carbocycles. The number of aryl methyl sites for hydroxylation is 1. The van der Waals surface area contributed by atoms with Crippen molar-refractivity contribution in [2.45, 2.75) is 25.7 Å². The van der Waals surface area contributed by atoms with E-state index in [1.54, 1.807) is 18.6 Å². The van der Waals surface area contributed by atoms with Gasteiger partial charge in [-0.05, 0) is 31.4 Å². The van der Waals surface area contributed by atoms with Gasteiger partial charge in [0.1, 0.15) is 4.88 Å². The number of amides is 1. The summed E-state index contributed by atoms with van der Waals surface area (Å²) in [6.45, 7) is 1.95. The third-order valence-electron chi connectivity index (χ3n) is 4.68. The van der Waals surface area contributed by atoms with E-state index < -0.39 is 0 Å². The zero-order chi connectivity index (χ0) is 19.1. The summed E-state index contributed by atoms with van der Waals surface area (Å²) in [5.41, 5.74) is 3.60. The Kier molecular flexibility index (Phi) is 4.01. The Morgan fingerprint density at radius 2 is 2.11 bits per heavy atom. The van der Waals surface area contributed by atoms with Gasteiger partial charge in [0.15, 0.2) is 10.9 Å². The van der Waals surface area contributed by atoms with Crippen LogP contribution in [0.25, 0.3) is 10.9 Å². The molecule has 0 radical (unpaired) electrons. The van der Waals surface area contributed by atoms with Gasteiger partial charge < -0.3 is 10.6 Å². The fraction of sp³-hybridized carbons (Fsp3) is 0.211. The molecule has 1 amide bonds. The third-order valence-corrected chi connectivity index (χ3v) is 5.60. The van der Waals surface area contributed by atoms with Crippen molar-refractivity contribution < 1.29 is 4.79 Å². The Labute approximate surface area is 164 Å². The summed E-state index contributed by atoms with van der Waals surface area (Å²) < 4.78 is 0. The maximum absolute atomic E-state index is 12.7. The molecule has 9 heteroatoms. The van der Waals surface area contributed by atoms with Crippen LogP contribution >= 0.6 is 11.3 Å². The molecule has 0 bridgehead atoms. The lowest BCUT2D eigenvalue weighted by Crippen LogP contribution is -2.11. The lowest BCUT2D eigenvalue weighted by molar-refractivity contribution is 0.103. The molecular weight excluding hydrogens is 374 g/mol. The SMILES string of the molecule is Cc1ccc2[nH]ncc2c1NC(=O)c1cnc(Nc2cncc(C3CC3)n2)s1. The summed E-state index contributed by atoms with van der Waals surface area (Å²) in [6.07, 6.45) is 9.08. The minimum Gasteiger partial charge on any atom is -0.320 e. The van der Waals surface area contributed by atoms with Crippen LogP contribution in [0.1, 0.15) is 39.7 Å². The molecular formula is C19H17N7OS. The van der Waals surface area contributed by atoms with Crippen LogP contribution in [0.4, 0.5) is 16.6 Å². The second-order valence-corrected chi connectivity index (χ2v) is 7.83. The predicted octanol–water partition coefficient (Wildman–Crippen LogP) is 3.99. The number of rotatable bonds is 5. The molecule has 3 heterocycles. The van der Waals surface area contributed by atoms with E-state index in [1.807, 2.05) is 25.3 Å². The molecule has 1 aliphatic rings. The molecule has 1 fully saturated rings. The second kappa shape index (κ2) is 6.68. The predicted molar refractivity (Wildman–Crippen MR) is 108 cm³/mol. The molecule has 0 atom stereocenters. The van der Waals surface area contributed by atoms with E-state index in [1.165, 1.54) is 24.2 Å². The van der Waals surface area contributed by atoms with Gasteiger partial charge in [0, 0.05) is 17.5 Å². The molecule has 1 aliphatic carbocycles. The molecule has 8 nitrogen and oxygen atoms in total. The lowest BCUT2D eigenvalue weighted by Gasteiger charge is -2.08. The van der Waals surface area contributed by atoms with Crippen molar-refractivity contribution in [1.82, 2.24) is 25.1 Å². The summed E-state index contributed by atoms with van der Waals surface area (Å²) in [5, 5.41) is 14.6. The molecule has 4 aromatic rings. The van der Waals surface area contributed by atoms with Gasteiger partial charge in [-0.3, -0.25) is 14.9 Å². The van der Waals surface area contributed by atoms with Crippen molar-refractivity contribution in [3.63, 3.8) is 0 Å². The average molecular weight is 391 g/mol.